The van der Waals surface area contributed by atoms with Crippen molar-refractivity contribution in [2.45, 2.75) is 115 Å². The van der Waals surface area contributed by atoms with Gasteiger partial charge >= 0.3 is 12.1 Å². The molecule has 1 aromatic carbocycles. The Labute approximate surface area is 298 Å². The number of allylic oxidation sites excluding steroid dienone is 1. The molecule has 0 spiro atoms. The van der Waals surface area contributed by atoms with Crippen LogP contribution in [0.5, 0.6) is 0 Å². The fourth-order valence-corrected chi connectivity index (χ4v) is 7.91. The van der Waals surface area contributed by atoms with Crippen LogP contribution in [0.4, 0.5) is 10.5 Å². The number of cyclic esters (lactones) is 1. The SMILES string of the molecule is B[C@@H]1[C@@H](C)C(=O)[C@@H](CC=C)C(=O)O[C@H](CC)[C@@]2(C)OC(=O)N(CCCCn3cc(-c4cccc(N)c4)nn3)[C@@H]2[C@@H](C)NC[C@H](C)C[C@@]1(C)OC. The third kappa shape index (κ3) is 8.42. The van der Waals surface area contributed by atoms with Crippen molar-refractivity contribution in [2.75, 3.05) is 25.9 Å². The molecule has 12 nitrogen and oxygen atoms in total. The Kier molecular flexibility index (Phi) is 12.9. The molecule has 0 unspecified atom stereocenters. The highest BCUT2D eigenvalue weighted by molar-refractivity contribution is 6.15. The number of unbranched alkanes of at least 4 members (excludes halogenated alkanes) is 1. The highest BCUT2D eigenvalue weighted by Gasteiger charge is 2.58. The number of carbonyl (C=O) groups is 3. The summed E-state index contributed by atoms with van der Waals surface area (Å²) >= 11 is 0. The Morgan fingerprint density at radius 1 is 1.18 bits per heavy atom. The minimum atomic E-state index is -1.17. The van der Waals surface area contributed by atoms with E-state index < -0.39 is 47.2 Å². The number of esters is 1. The van der Waals surface area contributed by atoms with Gasteiger partial charge in [-0.2, -0.15) is 0 Å². The van der Waals surface area contributed by atoms with Gasteiger partial charge in [0.2, 0.25) is 0 Å². The molecule has 9 atom stereocenters. The standard InChI is InChI=1S/C37H57BN6O6/c1-9-14-28-31(45)24(4)32(38)36(6,48-8)20-23(3)21-40-25(5)33-37(7,30(10-2)49-34(28)46)50-35(47)44(33)18-12-11-17-43-22-29(41-42-43)26-15-13-16-27(39)19-26/h9,13,15-16,19,22-25,28,30,32-33,40H,1,10-12,14,17-18,20-21,38-39H2,2-8H3/t23-,24+,25-,28-,30-,32-,33-,36-,37-/m1/s1. The molecule has 2 aliphatic heterocycles. The first kappa shape index (κ1) is 39.1. The van der Waals surface area contributed by atoms with Gasteiger partial charge in [0.15, 0.2) is 5.60 Å². The minimum Gasteiger partial charge on any atom is -0.457 e. The topological polar surface area (TPSA) is 151 Å². The number of methoxy groups -OCH3 is 1. The molecule has 3 heterocycles. The average Bonchev–Trinajstić information content (AvgIpc) is 3.67. The molecule has 1 aromatic heterocycles. The van der Waals surface area contributed by atoms with Gasteiger partial charge in [0.05, 0.1) is 17.8 Å². The van der Waals surface area contributed by atoms with Gasteiger partial charge in [0.25, 0.3) is 0 Å². The zero-order valence-corrected chi connectivity index (χ0v) is 31.2. The maximum absolute atomic E-state index is 13.9. The number of anilines is 1. The Hall–Kier alpha value is -3.71. The first-order valence-electron chi connectivity index (χ1n) is 18.1. The summed E-state index contributed by atoms with van der Waals surface area (Å²) in [6.07, 6.45) is 4.92. The van der Waals surface area contributed by atoms with Crippen molar-refractivity contribution in [2.24, 2.45) is 17.8 Å². The number of hydrogen-bond acceptors (Lipinski definition) is 10. The van der Waals surface area contributed by atoms with E-state index in [0.29, 0.717) is 44.6 Å². The minimum absolute atomic E-state index is 0.155. The molecule has 0 bridgehead atoms. The number of nitrogens with two attached hydrogens (primary N) is 1. The van der Waals surface area contributed by atoms with Gasteiger partial charge in [-0.3, -0.25) is 19.2 Å². The van der Waals surface area contributed by atoms with Gasteiger partial charge in [-0.15, -0.1) is 11.7 Å². The Morgan fingerprint density at radius 2 is 1.90 bits per heavy atom. The molecule has 0 saturated carbocycles. The molecule has 2 aromatic rings. The maximum atomic E-state index is 13.9. The number of nitrogen functional groups attached to an aromatic ring is 1. The van der Waals surface area contributed by atoms with E-state index in [9.17, 15) is 14.4 Å². The van der Waals surface area contributed by atoms with Crippen molar-refractivity contribution < 1.29 is 28.6 Å². The lowest BCUT2D eigenvalue weighted by Gasteiger charge is -2.41. The van der Waals surface area contributed by atoms with E-state index in [0.717, 1.165) is 17.7 Å². The third-order valence-corrected chi connectivity index (χ3v) is 11.2. The molecule has 274 valence electrons. The number of ether oxygens (including phenoxy) is 3. The fraction of sp³-hybridized carbons (Fsp3) is 0.649. The van der Waals surface area contributed by atoms with Crippen molar-refractivity contribution in [3.05, 3.63) is 43.1 Å². The maximum Gasteiger partial charge on any atom is 0.410 e. The molecule has 0 aliphatic carbocycles. The number of nitrogens with one attached hydrogen (secondary N) is 1. The second-order valence-electron chi connectivity index (χ2n) is 14.8. The van der Waals surface area contributed by atoms with Gasteiger partial charge in [0.1, 0.15) is 31.3 Å². The summed E-state index contributed by atoms with van der Waals surface area (Å²) in [4.78, 5) is 43.3. The molecule has 2 aliphatic rings. The zero-order valence-electron chi connectivity index (χ0n) is 31.2. The predicted octanol–water partition coefficient (Wildman–Crippen LogP) is 4.45. The fourth-order valence-electron chi connectivity index (χ4n) is 7.91. The molecular weight excluding hydrogens is 635 g/mol. The van der Waals surface area contributed by atoms with Crippen molar-refractivity contribution in [1.82, 2.24) is 25.2 Å². The van der Waals surface area contributed by atoms with E-state index in [-0.39, 0.29) is 30.0 Å². The predicted molar refractivity (Wildman–Crippen MR) is 196 cm³/mol. The Bertz CT molecular complexity index is 1500. The highest BCUT2D eigenvalue weighted by Crippen LogP contribution is 2.41. The van der Waals surface area contributed by atoms with Gasteiger partial charge in [0, 0.05) is 43.4 Å². The second kappa shape index (κ2) is 16.5. The van der Waals surface area contributed by atoms with Gasteiger partial charge < -0.3 is 25.3 Å². The van der Waals surface area contributed by atoms with E-state index in [2.05, 4.69) is 36.1 Å². The third-order valence-electron chi connectivity index (χ3n) is 11.2. The van der Waals surface area contributed by atoms with E-state index in [1.165, 1.54) is 0 Å². The first-order chi connectivity index (χ1) is 23.7. The molecule has 3 N–H and O–H groups in total. The monoisotopic (exact) mass is 692 g/mol. The summed E-state index contributed by atoms with van der Waals surface area (Å²) in [5.41, 5.74) is 6.47. The lowest BCUT2D eigenvalue weighted by molar-refractivity contribution is -0.171. The lowest BCUT2D eigenvalue weighted by atomic mass is 9.62. The summed E-state index contributed by atoms with van der Waals surface area (Å²) in [6.45, 7) is 17.4. The van der Waals surface area contributed by atoms with E-state index in [4.69, 9.17) is 19.9 Å². The highest BCUT2D eigenvalue weighted by atomic mass is 16.6. The molecule has 2 saturated heterocycles. The number of aryl methyl sites for hydroxylation is 1. The summed E-state index contributed by atoms with van der Waals surface area (Å²) in [6, 6.07) is 6.86. The molecule has 4 rings (SSSR count). The summed E-state index contributed by atoms with van der Waals surface area (Å²) in [5.74, 6) is -2.30. The van der Waals surface area contributed by atoms with Crippen LogP contribution in [0.1, 0.15) is 73.6 Å². The van der Waals surface area contributed by atoms with Crippen LogP contribution in [0, 0.1) is 17.8 Å². The number of benzene rings is 1. The van der Waals surface area contributed by atoms with Crippen molar-refractivity contribution in [3.63, 3.8) is 0 Å². The number of carbonyl (C=O) groups excluding carboxylic acids is 3. The van der Waals surface area contributed by atoms with Crippen molar-refractivity contribution >= 4 is 31.4 Å². The number of amides is 1. The smallest absolute Gasteiger partial charge is 0.410 e. The summed E-state index contributed by atoms with van der Waals surface area (Å²) < 4.78 is 20.3. The second-order valence-corrected chi connectivity index (χ2v) is 14.8. The zero-order chi connectivity index (χ0) is 36.8. The molecule has 0 radical (unpaired) electrons. The van der Waals surface area contributed by atoms with Crippen LogP contribution in [-0.4, -0.2) is 95.2 Å². The molecule has 1 amide bonds. The van der Waals surface area contributed by atoms with Gasteiger partial charge in [-0.25, -0.2) is 4.79 Å². The average molecular weight is 693 g/mol. The number of nitrogens with zero attached hydrogens (tertiary/aromatic N) is 4. The van der Waals surface area contributed by atoms with Crippen LogP contribution >= 0.6 is 0 Å². The quantitative estimate of drug-likeness (QED) is 0.0913. The number of hydrogen-bond donors (Lipinski definition) is 2. The van der Waals surface area contributed by atoms with E-state index >= 15 is 0 Å². The molecular formula is C37H57BN6O6. The van der Waals surface area contributed by atoms with Crippen LogP contribution in [0.15, 0.2) is 43.1 Å². The van der Waals surface area contributed by atoms with E-state index in [1.807, 2.05) is 66.0 Å². The van der Waals surface area contributed by atoms with Crippen LogP contribution in [0.25, 0.3) is 11.3 Å². The number of Topliss-reactive ketones (excluding diaryl/α,β-unsaturated/α-hetero) is 1. The number of rotatable bonds is 10. The summed E-state index contributed by atoms with van der Waals surface area (Å²) in [5, 5.41) is 12.3. The first-order valence-corrected chi connectivity index (χ1v) is 18.1. The molecule has 50 heavy (non-hydrogen) atoms. The van der Waals surface area contributed by atoms with Gasteiger partial charge in [-0.05, 0) is 83.3 Å². The van der Waals surface area contributed by atoms with Crippen LogP contribution in [0.3, 0.4) is 0 Å². The number of aromatic nitrogens is 3. The number of ketones is 1. The lowest BCUT2D eigenvalue weighted by Crippen LogP contribution is -2.61. The largest absolute Gasteiger partial charge is 0.457 e. The number of fused-ring (bicyclic) bond motifs is 1. The normalized spacial score (nSPS) is 32.8. The van der Waals surface area contributed by atoms with Crippen LogP contribution < -0.4 is 11.1 Å². The molecule has 13 heteroatoms. The Morgan fingerprint density at radius 3 is 2.56 bits per heavy atom. The Balaban J connectivity index is 1.57. The van der Waals surface area contributed by atoms with E-state index in [1.54, 1.807) is 22.8 Å². The van der Waals surface area contributed by atoms with Crippen molar-refractivity contribution in [1.29, 1.82) is 0 Å². The van der Waals surface area contributed by atoms with Crippen LogP contribution in [0.2, 0.25) is 5.82 Å². The van der Waals surface area contributed by atoms with Crippen molar-refractivity contribution in [3.8, 4) is 11.3 Å². The molecule has 2 fully saturated rings. The summed E-state index contributed by atoms with van der Waals surface area (Å²) in [7, 11) is 3.69. The van der Waals surface area contributed by atoms with Crippen LogP contribution in [-0.2, 0) is 30.3 Å². The van der Waals surface area contributed by atoms with Gasteiger partial charge in [-0.1, -0.05) is 44.2 Å².